The van der Waals surface area contributed by atoms with Crippen LogP contribution in [0.2, 0.25) is 0 Å². The number of nitrogens with zero attached hydrogens (tertiary/aromatic N) is 3. The first kappa shape index (κ1) is 26.4. The minimum Gasteiger partial charge on any atom is -0.494 e. The number of methoxy groups -OCH3 is 1. The molecule has 0 saturated carbocycles. The second-order valence-corrected chi connectivity index (χ2v) is 10.5. The zero-order chi connectivity index (χ0) is 26.9. The van der Waals surface area contributed by atoms with E-state index in [2.05, 4.69) is 36.0 Å². The number of anilines is 1. The van der Waals surface area contributed by atoms with E-state index in [1.807, 2.05) is 19.1 Å². The van der Waals surface area contributed by atoms with Crippen LogP contribution in [0.15, 0.2) is 18.2 Å². The van der Waals surface area contributed by atoms with Crippen molar-refractivity contribution < 1.29 is 19.1 Å². The van der Waals surface area contributed by atoms with E-state index in [9.17, 15) is 9.59 Å². The maximum atomic E-state index is 13.6. The maximum absolute atomic E-state index is 13.6. The predicted octanol–water partition coefficient (Wildman–Crippen LogP) is 3.77. The smallest absolute Gasteiger partial charge is 0.273 e. The van der Waals surface area contributed by atoms with Crippen molar-refractivity contribution in [1.82, 2.24) is 15.2 Å². The number of amides is 1. The molecule has 2 N–H and O–H groups in total. The summed E-state index contributed by atoms with van der Waals surface area (Å²) in [5, 5.41) is 11.3. The molecule has 2 aromatic rings. The van der Waals surface area contributed by atoms with Gasteiger partial charge in [0.2, 0.25) is 0 Å². The largest absolute Gasteiger partial charge is 0.494 e. The van der Waals surface area contributed by atoms with Gasteiger partial charge in [-0.15, -0.1) is 0 Å². The first-order valence-corrected chi connectivity index (χ1v) is 12.8. The Hall–Kier alpha value is -3.62. The summed E-state index contributed by atoms with van der Waals surface area (Å²) in [5.41, 5.74) is 3.62. The summed E-state index contributed by atoms with van der Waals surface area (Å²) < 4.78 is 11.5. The molecule has 0 spiro atoms. The Morgan fingerprint density at radius 2 is 1.86 bits per heavy atom. The molecule has 0 radical (unpaired) electrons. The van der Waals surface area contributed by atoms with Crippen LogP contribution >= 0.6 is 0 Å². The highest BCUT2D eigenvalue weighted by molar-refractivity contribution is 6.06. The number of nitrogens with one attached hydrogen (secondary N) is 2. The van der Waals surface area contributed by atoms with Gasteiger partial charge in [-0.1, -0.05) is 20.8 Å². The molecule has 0 aliphatic carbocycles. The maximum Gasteiger partial charge on any atom is 0.273 e. The average Bonchev–Trinajstić information content (AvgIpc) is 3.50. The lowest BCUT2D eigenvalue weighted by Crippen LogP contribution is -2.31. The third-order valence-corrected chi connectivity index (χ3v) is 6.89. The molecule has 1 aromatic heterocycles. The van der Waals surface area contributed by atoms with Crippen molar-refractivity contribution in [2.75, 3.05) is 45.3 Å². The number of hydrogen-bond donors (Lipinski definition) is 2. The Bertz CT molecular complexity index is 1230. The lowest BCUT2D eigenvalue weighted by molar-refractivity contribution is 0.0949. The Morgan fingerprint density at radius 1 is 1.16 bits per heavy atom. The molecule has 0 unspecified atom stereocenters. The highest BCUT2D eigenvalue weighted by atomic mass is 16.5. The molecule has 2 aliphatic rings. The molecular weight excluding hydrogens is 470 g/mol. The van der Waals surface area contributed by atoms with Crippen molar-refractivity contribution in [3.63, 3.8) is 0 Å². The number of ketones is 1. The molecule has 1 amide bonds. The summed E-state index contributed by atoms with van der Waals surface area (Å²) in [6.45, 7) is 10.8. The van der Waals surface area contributed by atoms with Crippen LogP contribution in [0.3, 0.4) is 0 Å². The minimum atomic E-state index is -0.379. The first-order valence-electron chi connectivity index (χ1n) is 12.8. The van der Waals surface area contributed by atoms with Gasteiger partial charge in [0.1, 0.15) is 17.3 Å². The minimum absolute atomic E-state index is 0.0316. The number of amidine groups is 1. The first-order chi connectivity index (χ1) is 17.6. The van der Waals surface area contributed by atoms with Crippen molar-refractivity contribution in [3.05, 3.63) is 46.3 Å². The molecule has 1 fully saturated rings. The van der Waals surface area contributed by atoms with Gasteiger partial charge in [-0.2, -0.15) is 0 Å². The number of aromatic nitrogens is 1. The second-order valence-electron chi connectivity index (χ2n) is 10.5. The summed E-state index contributed by atoms with van der Waals surface area (Å²) >= 11 is 0. The summed E-state index contributed by atoms with van der Waals surface area (Å²) in [5.74, 6) is 0.864. The topological polar surface area (TPSA) is 108 Å². The van der Waals surface area contributed by atoms with Crippen LogP contribution in [-0.4, -0.2) is 67.8 Å². The van der Waals surface area contributed by atoms with Crippen molar-refractivity contribution in [1.29, 1.82) is 5.41 Å². The number of fused-ring (bicyclic) bond motifs is 1. The summed E-state index contributed by atoms with van der Waals surface area (Å²) in [7, 11) is 3.21. The molecule has 9 heteroatoms. The van der Waals surface area contributed by atoms with Crippen molar-refractivity contribution in [2.24, 2.45) is 0 Å². The highest BCUT2D eigenvalue weighted by Crippen LogP contribution is 2.41. The molecule has 198 valence electrons. The van der Waals surface area contributed by atoms with E-state index < -0.39 is 0 Å². The number of Topliss-reactive ketones (excluding diaryl/α,β-unsaturated/α-hetero) is 1. The third-order valence-electron chi connectivity index (χ3n) is 6.89. The van der Waals surface area contributed by atoms with Crippen LogP contribution < -0.4 is 19.7 Å². The molecule has 37 heavy (non-hydrogen) atoms. The molecule has 3 heterocycles. The van der Waals surface area contributed by atoms with Gasteiger partial charge in [0.05, 0.1) is 25.9 Å². The number of carbonyl (C=O) groups excluding carboxylic acids is 2. The van der Waals surface area contributed by atoms with E-state index in [1.54, 1.807) is 18.1 Å². The van der Waals surface area contributed by atoms with E-state index >= 15 is 0 Å². The van der Waals surface area contributed by atoms with Crippen molar-refractivity contribution in [2.45, 2.75) is 52.5 Å². The van der Waals surface area contributed by atoms with Crippen LogP contribution in [0, 0.1) is 5.41 Å². The monoisotopic (exact) mass is 507 g/mol. The fraction of sp³-hybridized carbons (Fsp3) is 0.500. The summed E-state index contributed by atoms with van der Waals surface area (Å²) in [6, 6.07) is 5.62. The Balaban J connectivity index is 1.65. The lowest BCUT2D eigenvalue weighted by atomic mass is 9.84. The number of ether oxygens (including phenoxy) is 2. The number of pyridine rings is 1. The van der Waals surface area contributed by atoms with Gasteiger partial charge in [-0.25, -0.2) is 4.98 Å². The molecule has 0 atom stereocenters. The molecule has 9 nitrogen and oxygen atoms in total. The lowest BCUT2D eigenvalue weighted by Gasteiger charge is -2.29. The van der Waals surface area contributed by atoms with E-state index in [4.69, 9.17) is 14.9 Å². The number of hydrogen-bond acceptors (Lipinski definition) is 7. The van der Waals surface area contributed by atoms with Crippen LogP contribution in [0.25, 0.3) is 0 Å². The van der Waals surface area contributed by atoms with Crippen LogP contribution in [-0.2, 0) is 12.0 Å². The zero-order valence-corrected chi connectivity index (χ0v) is 22.7. The van der Waals surface area contributed by atoms with Gasteiger partial charge in [0, 0.05) is 43.4 Å². The summed E-state index contributed by atoms with van der Waals surface area (Å²) in [6.07, 6.45) is 2.23. The molecular formula is C28H37N5O4. The molecule has 1 aromatic carbocycles. The fourth-order valence-electron chi connectivity index (χ4n) is 4.98. The SMILES string of the molecule is CCOc1cc2c(nc1C(=O)NC)C(=N)N(CC(=O)c1cc(N3CCCC3)c(OC)c(C(C)(C)C)c1)C2. The molecule has 4 rings (SSSR count). The van der Waals surface area contributed by atoms with Gasteiger partial charge in [0.15, 0.2) is 17.2 Å². The standard InChI is InChI=1S/C28H37N5O4/c1-7-37-22-14-18-15-33(26(29)23(18)31-24(22)27(35)30-5)16-21(34)17-12-19(28(2,3)4)25(36-6)20(13-17)32-10-8-9-11-32/h12-14,29H,7-11,15-16H2,1-6H3,(H,30,35). The number of rotatable bonds is 8. The normalized spacial score (nSPS) is 15.1. The quantitative estimate of drug-likeness (QED) is 0.524. The average molecular weight is 508 g/mol. The molecule has 0 bridgehead atoms. The van der Waals surface area contributed by atoms with E-state index in [1.165, 1.54) is 7.05 Å². The zero-order valence-electron chi connectivity index (χ0n) is 22.7. The Labute approximate surface area is 218 Å². The summed E-state index contributed by atoms with van der Waals surface area (Å²) in [4.78, 5) is 34.4. The Morgan fingerprint density at radius 3 is 2.46 bits per heavy atom. The number of carbonyl (C=O) groups is 2. The Kier molecular flexibility index (Phi) is 7.43. The number of benzene rings is 1. The van der Waals surface area contributed by atoms with Gasteiger partial charge in [-0.05, 0) is 43.4 Å². The predicted molar refractivity (Wildman–Crippen MR) is 144 cm³/mol. The van der Waals surface area contributed by atoms with Gasteiger partial charge >= 0.3 is 0 Å². The van der Waals surface area contributed by atoms with E-state index in [0.29, 0.717) is 30.2 Å². The van der Waals surface area contributed by atoms with Crippen molar-refractivity contribution in [3.8, 4) is 11.5 Å². The van der Waals surface area contributed by atoms with Crippen molar-refractivity contribution >= 4 is 23.2 Å². The highest BCUT2D eigenvalue weighted by Gasteiger charge is 2.32. The second kappa shape index (κ2) is 10.4. The van der Waals surface area contributed by atoms with E-state index in [-0.39, 0.29) is 35.2 Å². The molecule has 1 saturated heterocycles. The van der Waals surface area contributed by atoms with Crippen LogP contribution in [0.5, 0.6) is 11.5 Å². The van der Waals surface area contributed by atoms with Crippen LogP contribution in [0.4, 0.5) is 5.69 Å². The van der Waals surface area contributed by atoms with Crippen LogP contribution in [0.1, 0.15) is 78.2 Å². The molecule has 2 aliphatic heterocycles. The third kappa shape index (κ3) is 5.12. The van der Waals surface area contributed by atoms with E-state index in [0.717, 1.165) is 48.5 Å². The van der Waals surface area contributed by atoms with Gasteiger partial charge in [-0.3, -0.25) is 15.0 Å². The van der Waals surface area contributed by atoms with Gasteiger partial charge in [0.25, 0.3) is 5.91 Å². The fourth-order valence-corrected chi connectivity index (χ4v) is 4.98. The van der Waals surface area contributed by atoms with Gasteiger partial charge < -0.3 is 24.6 Å².